The molecule has 0 amide bonds. The molecule has 3 rings (SSSR count). The van der Waals surface area contributed by atoms with Crippen LogP contribution >= 0.6 is 0 Å². The molecule has 0 heterocycles. The minimum Gasteiger partial charge on any atom is -0.429 e. The van der Waals surface area contributed by atoms with Gasteiger partial charge in [-0.2, -0.15) is 17.6 Å². The first-order valence-corrected chi connectivity index (χ1v) is 10.8. The van der Waals surface area contributed by atoms with Gasteiger partial charge >= 0.3 is 12.7 Å². The molecule has 0 aliphatic heterocycles. The second-order valence-corrected chi connectivity index (χ2v) is 8.20. The Morgan fingerprint density at radius 2 is 1.56 bits per heavy atom. The Hall–Kier alpha value is -2.38. The van der Waals surface area contributed by atoms with Crippen LogP contribution in [-0.2, 0) is 6.11 Å². The van der Waals surface area contributed by atoms with Crippen molar-refractivity contribution < 1.29 is 35.8 Å². The van der Waals surface area contributed by atoms with Crippen LogP contribution in [0, 0.1) is 17.6 Å². The first kappa shape index (κ1) is 24.3. The number of ether oxygens (including phenoxy) is 2. The highest BCUT2D eigenvalue weighted by atomic mass is 19.3. The molecule has 1 aliphatic carbocycles. The molecule has 1 saturated carbocycles. The topological polar surface area (TPSA) is 18.5 Å². The van der Waals surface area contributed by atoms with Crippen LogP contribution in [-0.4, -0.2) is 6.61 Å². The standard InChI is InChI=1S/C24H26F6O2/c1-2-3-4-15-5-7-16(8-6-15)17-9-11-18(12-10-17)24(29,30)32-19-13-20(25)22(21(26)14-19)31-23(27)28/h9-16,23H,2-8H2,1H3/t15-,16-. The second-order valence-electron chi connectivity index (χ2n) is 8.20. The minimum atomic E-state index is -3.87. The Morgan fingerprint density at radius 1 is 0.969 bits per heavy atom. The van der Waals surface area contributed by atoms with Gasteiger partial charge in [-0.1, -0.05) is 38.3 Å². The van der Waals surface area contributed by atoms with Crippen molar-refractivity contribution in [3.05, 3.63) is 59.2 Å². The van der Waals surface area contributed by atoms with E-state index >= 15 is 0 Å². The maximum Gasteiger partial charge on any atom is 0.426 e. The molecule has 2 aromatic rings. The summed E-state index contributed by atoms with van der Waals surface area (Å²) in [6.45, 7) is -1.28. The SMILES string of the molecule is CCCC[C@H]1CC[C@H](c2ccc(C(F)(F)Oc3cc(F)c(OC(F)F)c(F)c3)cc2)CC1. The Kier molecular flexibility index (Phi) is 7.96. The summed E-state index contributed by atoms with van der Waals surface area (Å²) in [5, 5.41) is 0. The monoisotopic (exact) mass is 460 g/mol. The molecule has 0 bridgehead atoms. The Morgan fingerprint density at radius 3 is 2.09 bits per heavy atom. The smallest absolute Gasteiger partial charge is 0.426 e. The summed E-state index contributed by atoms with van der Waals surface area (Å²) < 4.78 is 89.3. The molecule has 0 atom stereocenters. The van der Waals surface area contributed by atoms with E-state index in [2.05, 4.69) is 16.4 Å². The maximum absolute atomic E-state index is 14.5. The van der Waals surface area contributed by atoms with E-state index in [0.29, 0.717) is 18.1 Å². The summed E-state index contributed by atoms with van der Waals surface area (Å²) >= 11 is 0. The average Bonchev–Trinajstić information content (AvgIpc) is 2.75. The molecule has 0 radical (unpaired) electrons. The molecule has 0 saturated heterocycles. The molecular weight excluding hydrogens is 434 g/mol. The number of alkyl halides is 4. The van der Waals surface area contributed by atoms with Gasteiger partial charge in [0, 0.05) is 12.1 Å². The lowest BCUT2D eigenvalue weighted by Crippen LogP contribution is -2.22. The number of hydrogen-bond donors (Lipinski definition) is 0. The maximum atomic E-state index is 14.5. The highest BCUT2D eigenvalue weighted by Gasteiger charge is 2.35. The normalized spacial score (nSPS) is 19.2. The molecule has 0 aromatic heterocycles. The zero-order valence-electron chi connectivity index (χ0n) is 17.7. The zero-order chi connectivity index (χ0) is 23.3. The van der Waals surface area contributed by atoms with Gasteiger partial charge in [-0.25, -0.2) is 8.78 Å². The number of rotatable bonds is 9. The molecule has 32 heavy (non-hydrogen) atoms. The van der Waals surface area contributed by atoms with E-state index < -0.39 is 41.4 Å². The lowest BCUT2D eigenvalue weighted by Gasteiger charge is -2.29. The van der Waals surface area contributed by atoms with Crippen molar-refractivity contribution in [2.24, 2.45) is 5.92 Å². The fraction of sp³-hybridized carbons (Fsp3) is 0.500. The molecular formula is C24H26F6O2. The molecule has 2 aromatic carbocycles. The summed E-state index contributed by atoms with van der Waals surface area (Å²) in [5.74, 6) is -4.28. The first-order valence-electron chi connectivity index (χ1n) is 10.8. The van der Waals surface area contributed by atoms with Crippen LogP contribution in [0.15, 0.2) is 36.4 Å². The fourth-order valence-electron chi connectivity index (χ4n) is 4.23. The van der Waals surface area contributed by atoms with Crippen LogP contribution in [0.25, 0.3) is 0 Å². The Balaban J connectivity index is 1.65. The summed E-state index contributed by atoms with van der Waals surface area (Å²) in [4.78, 5) is 0. The molecule has 0 spiro atoms. The van der Waals surface area contributed by atoms with Crippen LogP contribution in [0.1, 0.15) is 68.9 Å². The lowest BCUT2D eigenvalue weighted by molar-refractivity contribution is -0.185. The van der Waals surface area contributed by atoms with Gasteiger partial charge in [0.15, 0.2) is 17.4 Å². The van der Waals surface area contributed by atoms with E-state index in [1.165, 1.54) is 31.4 Å². The van der Waals surface area contributed by atoms with Crippen molar-refractivity contribution in [2.45, 2.75) is 70.5 Å². The van der Waals surface area contributed by atoms with Gasteiger partial charge in [0.25, 0.3) is 0 Å². The van der Waals surface area contributed by atoms with Gasteiger partial charge in [0.05, 0.1) is 5.56 Å². The number of unbranched alkanes of at least 4 members (excludes halogenated alkanes) is 1. The third-order valence-corrected chi connectivity index (χ3v) is 5.96. The van der Waals surface area contributed by atoms with Gasteiger partial charge in [0.1, 0.15) is 5.75 Å². The van der Waals surface area contributed by atoms with E-state index in [9.17, 15) is 26.3 Å². The van der Waals surface area contributed by atoms with Crippen LogP contribution in [0.5, 0.6) is 11.5 Å². The zero-order valence-corrected chi connectivity index (χ0v) is 17.7. The van der Waals surface area contributed by atoms with E-state index in [4.69, 9.17) is 0 Å². The highest BCUT2D eigenvalue weighted by molar-refractivity contribution is 5.36. The first-order chi connectivity index (χ1) is 15.2. The van der Waals surface area contributed by atoms with Gasteiger partial charge in [0.2, 0.25) is 0 Å². The molecule has 1 fully saturated rings. The van der Waals surface area contributed by atoms with E-state index in [1.807, 2.05) is 0 Å². The fourth-order valence-corrected chi connectivity index (χ4v) is 4.23. The largest absolute Gasteiger partial charge is 0.429 e. The van der Waals surface area contributed by atoms with Gasteiger partial charge in [-0.15, -0.1) is 0 Å². The van der Waals surface area contributed by atoms with Gasteiger partial charge < -0.3 is 9.47 Å². The molecule has 0 N–H and O–H groups in total. The summed E-state index contributed by atoms with van der Waals surface area (Å²) in [7, 11) is 0. The van der Waals surface area contributed by atoms with Crippen molar-refractivity contribution in [2.75, 3.05) is 0 Å². The van der Waals surface area contributed by atoms with Crippen LogP contribution < -0.4 is 9.47 Å². The predicted molar refractivity (Wildman–Crippen MR) is 108 cm³/mol. The van der Waals surface area contributed by atoms with Crippen LogP contribution in [0.2, 0.25) is 0 Å². The van der Waals surface area contributed by atoms with Gasteiger partial charge in [-0.3, -0.25) is 0 Å². The number of hydrogen-bond acceptors (Lipinski definition) is 2. The summed E-state index contributed by atoms with van der Waals surface area (Å²) in [5.41, 5.74) is 0.496. The van der Waals surface area contributed by atoms with Gasteiger partial charge in [-0.05, 0) is 55.2 Å². The van der Waals surface area contributed by atoms with Crippen LogP contribution in [0.4, 0.5) is 26.3 Å². The highest BCUT2D eigenvalue weighted by Crippen LogP contribution is 2.39. The van der Waals surface area contributed by atoms with E-state index in [0.717, 1.165) is 37.2 Å². The van der Waals surface area contributed by atoms with Crippen molar-refractivity contribution in [3.8, 4) is 11.5 Å². The molecule has 176 valence electrons. The van der Waals surface area contributed by atoms with E-state index in [1.54, 1.807) is 12.1 Å². The average molecular weight is 460 g/mol. The third kappa shape index (κ3) is 6.11. The molecule has 8 heteroatoms. The third-order valence-electron chi connectivity index (χ3n) is 5.96. The quantitative estimate of drug-likeness (QED) is 0.352. The van der Waals surface area contributed by atoms with E-state index in [-0.39, 0.29) is 0 Å². The number of benzene rings is 2. The van der Waals surface area contributed by atoms with Crippen molar-refractivity contribution >= 4 is 0 Å². The Bertz CT molecular complexity index is 854. The number of halogens is 6. The Labute approximate surface area is 183 Å². The molecule has 0 unspecified atom stereocenters. The van der Waals surface area contributed by atoms with Crippen molar-refractivity contribution in [1.29, 1.82) is 0 Å². The van der Waals surface area contributed by atoms with Crippen molar-refractivity contribution in [3.63, 3.8) is 0 Å². The minimum absolute atomic E-state index is 0.321. The second kappa shape index (κ2) is 10.5. The lowest BCUT2D eigenvalue weighted by atomic mass is 9.77. The molecule has 2 nitrogen and oxygen atoms in total. The molecule has 1 aliphatic rings. The van der Waals surface area contributed by atoms with Crippen molar-refractivity contribution in [1.82, 2.24) is 0 Å². The predicted octanol–water partition coefficient (Wildman–Crippen LogP) is 8.16. The summed E-state index contributed by atoms with van der Waals surface area (Å²) in [6.07, 6.45) is 4.09. The van der Waals surface area contributed by atoms with Crippen LogP contribution in [0.3, 0.4) is 0 Å². The summed E-state index contributed by atoms with van der Waals surface area (Å²) in [6, 6.07) is 6.48.